The zero-order chi connectivity index (χ0) is 7.44. The summed E-state index contributed by atoms with van der Waals surface area (Å²) in [5, 5.41) is 3.61. The van der Waals surface area contributed by atoms with Crippen LogP contribution in [-0.4, -0.2) is 11.4 Å². The fraction of sp³-hybridized carbons (Fsp3) is 1.00. The lowest BCUT2D eigenvalue weighted by molar-refractivity contribution is 0.427. The van der Waals surface area contributed by atoms with Gasteiger partial charge in [0.1, 0.15) is 0 Å². The Morgan fingerprint density at radius 1 is 1.11 bits per heavy atom. The van der Waals surface area contributed by atoms with Crippen molar-refractivity contribution in [2.75, 3.05) is 0 Å². The Kier molecular flexibility index (Phi) is 4.32. The molecule has 0 saturated carbocycles. The smallest absolute Gasteiger partial charge is 0.0475 e. The second kappa shape index (κ2) is 4.18. The molecule has 0 aliphatic rings. The molecule has 9 heavy (non-hydrogen) atoms. The van der Waals surface area contributed by atoms with Crippen molar-refractivity contribution < 1.29 is 0 Å². The Morgan fingerprint density at radius 2 is 1.56 bits per heavy atom. The molecule has 0 rings (SSSR count). The van der Waals surface area contributed by atoms with Gasteiger partial charge < -0.3 is 5.32 Å². The Morgan fingerprint density at radius 3 is 1.67 bits per heavy atom. The number of hydrogen-bond donors (Lipinski definition) is 2. The highest BCUT2D eigenvalue weighted by molar-refractivity contribution is 7.80. The summed E-state index contributed by atoms with van der Waals surface area (Å²) in [6.07, 6.45) is 0. The highest BCUT2D eigenvalue weighted by Crippen LogP contribution is 2.01. The van der Waals surface area contributed by atoms with Gasteiger partial charge in [-0.05, 0) is 19.8 Å². The van der Waals surface area contributed by atoms with E-state index in [9.17, 15) is 0 Å². The summed E-state index contributed by atoms with van der Waals surface area (Å²) in [6, 6.07) is 0.567. The van der Waals surface area contributed by atoms with Crippen molar-refractivity contribution in [3.05, 3.63) is 0 Å². The molecule has 0 spiro atoms. The molecular formula is C7H17NS. The van der Waals surface area contributed by atoms with E-state index in [4.69, 9.17) is 0 Å². The Balaban J connectivity index is 3.38. The van der Waals surface area contributed by atoms with Crippen molar-refractivity contribution in [1.29, 1.82) is 0 Å². The van der Waals surface area contributed by atoms with Crippen LogP contribution in [0.1, 0.15) is 27.7 Å². The molecular weight excluding hydrogens is 130 g/mol. The van der Waals surface area contributed by atoms with Crippen molar-refractivity contribution in [2.45, 2.75) is 39.1 Å². The van der Waals surface area contributed by atoms with Crippen molar-refractivity contribution in [3.63, 3.8) is 0 Å². The molecule has 56 valence electrons. The van der Waals surface area contributed by atoms with Crippen molar-refractivity contribution in [3.8, 4) is 0 Å². The van der Waals surface area contributed by atoms with Gasteiger partial charge >= 0.3 is 0 Å². The average molecular weight is 147 g/mol. The molecule has 2 unspecified atom stereocenters. The van der Waals surface area contributed by atoms with Crippen LogP contribution in [0.15, 0.2) is 0 Å². The first-order chi connectivity index (χ1) is 4.04. The molecule has 0 saturated heterocycles. The summed E-state index contributed by atoms with van der Waals surface area (Å²) < 4.78 is 0. The number of rotatable bonds is 3. The topological polar surface area (TPSA) is 12.0 Å². The van der Waals surface area contributed by atoms with E-state index in [2.05, 4.69) is 38.7 Å². The van der Waals surface area contributed by atoms with Crippen LogP contribution in [0.2, 0.25) is 0 Å². The summed E-state index contributed by atoms with van der Waals surface area (Å²) in [7, 11) is 0. The van der Waals surface area contributed by atoms with Crippen molar-refractivity contribution in [1.82, 2.24) is 5.32 Å². The van der Waals surface area contributed by atoms with E-state index in [0.29, 0.717) is 17.3 Å². The molecule has 2 heteroatoms. The molecule has 0 radical (unpaired) electrons. The van der Waals surface area contributed by atoms with Crippen LogP contribution in [-0.2, 0) is 0 Å². The van der Waals surface area contributed by atoms with Gasteiger partial charge in [-0.2, -0.15) is 12.6 Å². The highest BCUT2D eigenvalue weighted by atomic mass is 32.1. The maximum atomic E-state index is 4.22. The van der Waals surface area contributed by atoms with E-state index >= 15 is 0 Å². The fourth-order valence-electron chi connectivity index (χ4n) is 0.573. The van der Waals surface area contributed by atoms with Gasteiger partial charge in [-0.1, -0.05) is 13.8 Å². The molecule has 0 heterocycles. The van der Waals surface area contributed by atoms with Gasteiger partial charge in [-0.3, -0.25) is 0 Å². The lowest BCUT2D eigenvalue weighted by atomic mass is 10.1. The molecule has 0 aliphatic carbocycles. The second-order valence-corrected chi connectivity index (χ2v) is 3.65. The maximum absolute atomic E-state index is 4.22. The minimum atomic E-state index is 0.308. The first-order valence-corrected chi connectivity index (χ1v) is 3.99. The Bertz CT molecular complexity index is 71.3. The lowest BCUT2D eigenvalue weighted by Crippen LogP contribution is -2.34. The molecule has 0 aromatic heterocycles. The number of nitrogens with one attached hydrogen (secondary N) is 1. The van der Waals surface area contributed by atoms with Crippen LogP contribution in [0, 0.1) is 5.92 Å². The van der Waals surface area contributed by atoms with E-state index < -0.39 is 0 Å². The normalized spacial score (nSPS) is 18.0. The average Bonchev–Trinajstić information content (AvgIpc) is 1.63. The minimum Gasteiger partial charge on any atom is -0.303 e. The second-order valence-electron chi connectivity index (χ2n) is 2.88. The molecule has 0 aromatic rings. The number of hydrogen-bond acceptors (Lipinski definition) is 2. The van der Waals surface area contributed by atoms with Gasteiger partial charge in [0.05, 0.1) is 0 Å². The van der Waals surface area contributed by atoms with Crippen LogP contribution in [0.5, 0.6) is 0 Å². The molecule has 0 fully saturated rings. The van der Waals surface area contributed by atoms with Gasteiger partial charge in [0.15, 0.2) is 0 Å². The van der Waals surface area contributed by atoms with E-state index in [1.165, 1.54) is 0 Å². The molecule has 0 aromatic carbocycles. The molecule has 0 amide bonds. The van der Waals surface area contributed by atoms with Crippen LogP contribution in [0.3, 0.4) is 0 Å². The predicted octanol–water partition coefficient (Wildman–Crippen LogP) is 1.90. The van der Waals surface area contributed by atoms with E-state index in [0.717, 1.165) is 0 Å². The first-order valence-electron chi connectivity index (χ1n) is 3.48. The third-order valence-electron chi connectivity index (χ3n) is 1.50. The van der Waals surface area contributed by atoms with Gasteiger partial charge in [0, 0.05) is 11.4 Å². The largest absolute Gasteiger partial charge is 0.303 e. The standard InChI is InChI=1S/C7H17NS/c1-5(2)6(3)8-7(4)9/h5-9H,1-4H3. The minimum absolute atomic E-state index is 0.308. The fourth-order valence-corrected chi connectivity index (χ4v) is 0.808. The van der Waals surface area contributed by atoms with Crippen LogP contribution in [0.25, 0.3) is 0 Å². The molecule has 2 atom stereocenters. The van der Waals surface area contributed by atoms with Crippen LogP contribution < -0.4 is 5.32 Å². The SMILES string of the molecule is CC(S)NC(C)C(C)C. The van der Waals surface area contributed by atoms with Crippen molar-refractivity contribution in [2.24, 2.45) is 5.92 Å². The molecule has 0 aliphatic heterocycles. The third kappa shape index (κ3) is 4.79. The zero-order valence-corrected chi connectivity index (χ0v) is 7.57. The maximum Gasteiger partial charge on any atom is 0.0475 e. The molecule has 1 N–H and O–H groups in total. The Labute approximate surface area is 63.6 Å². The van der Waals surface area contributed by atoms with Crippen LogP contribution >= 0.6 is 12.6 Å². The van der Waals surface area contributed by atoms with Crippen molar-refractivity contribution >= 4 is 12.6 Å². The lowest BCUT2D eigenvalue weighted by Gasteiger charge is -2.19. The van der Waals surface area contributed by atoms with Gasteiger partial charge in [0.25, 0.3) is 0 Å². The summed E-state index contributed by atoms with van der Waals surface area (Å²) in [6.45, 7) is 8.63. The predicted molar refractivity (Wildman–Crippen MR) is 45.9 cm³/mol. The molecule has 0 bridgehead atoms. The van der Waals surface area contributed by atoms with Gasteiger partial charge in [-0.15, -0.1) is 0 Å². The van der Waals surface area contributed by atoms with E-state index in [-0.39, 0.29) is 0 Å². The first kappa shape index (κ1) is 9.31. The summed E-state index contributed by atoms with van der Waals surface area (Å²) in [5.41, 5.74) is 0. The molecule has 1 nitrogen and oxygen atoms in total. The number of thiol groups is 1. The highest BCUT2D eigenvalue weighted by Gasteiger charge is 2.06. The zero-order valence-electron chi connectivity index (χ0n) is 6.68. The van der Waals surface area contributed by atoms with E-state index in [1.54, 1.807) is 0 Å². The van der Waals surface area contributed by atoms with Gasteiger partial charge in [0.2, 0.25) is 0 Å². The van der Waals surface area contributed by atoms with E-state index in [1.807, 2.05) is 6.92 Å². The third-order valence-corrected chi connectivity index (χ3v) is 1.65. The monoisotopic (exact) mass is 147 g/mol. The summed E-state index contributed by atoms with van der Waals surface area (Å²) >= 11 is 4.22. The van der Waals surface area contributed by atoms with Gasteiger partial charge in [-0.25, -0.2) is 0 Å². The van der Waals surface area contributed by atoms with Crippen LogP contribution in [0.4, 0.5) is 0 Å². The quantitative estimate of drug-likeness (QED) is 0.459. The Hall–Kier alpha value is 0.310. The summed E-state index contributed by atoms with van der Waals surface area (Å²) in [4.78, 5) is 0. The summed E-state index contributed by atoms with van der Waals surface area (Å²) in [5.74, 6) is 0.694.